The van der Waals surface area contributed by atoms with Gasteiger partial charge in [0.15, 0.2) is 0 Å². The second kappa shape index (κ2) is 8.08. The SMILES string of the molecule is Cc1ccc(CC(C)C(=O)NC(Cc2c[nH]c3ccccc23)C(=O)O)cc1. The first-order valence-electron chi connectivity index (χ1n) is 9.07. The first-order chi connectivity index (χ1) is 12.9. The highest BCUT2D eigenvalue weighted by molar-refractivity contribution is 5.87. The third-order valence-electron chi connectivity index (χ3n) is 4.82. The standard InChI is InChI=1S/C22H24N2O3/c1-14-7-9-16(10-8-14)11-15(2)21(25)24-20(22(26)27)12-17-13-23-19-6-4-3-5-18(17)19/h3-10,13,15,20,23H,11-12H2,1-2H3,(H,24,25)(H,26,27). The van der Waals surface area contributed by atoms with Crippen LogP contribution in [0.3, 0.4) is 0 Å². The molecule has 5 heteroatoms. The zero-order valence-electron chi connectivity index (χ0n) is 15.5. The fourth-order valence-electron chi connectivity index (χ4n) is 3.20. The Balaban J connectivity index is 1.67. The Labute approximate surface area is 158 Å². The van der Waals surface area contributed by atoms with E-state index in [1.807, 2.05) is 68.6 Å². The summed E-state index contributed by atoms with van der Waals surface area (Å²) < 4.78 is 0. The highest BCUT2D eigenvalue weighted by atomic mass is 16.4. The highest BCUT2D eigenvalue weighted by Gasteiger charge is 2.24. The largest absolute Gasteiger partial charge is 0.480 e. The smallest absolute Gasteiger partial charge is 0.326 e. The maximum absolute atomic E-state index is 12.5. The zero-order chi connectivity index (χ0) is 19.4. The number of aromatic amines is 1. The van der Waals surface area contributed by atoms with Crippen molar-refractivity contribution in [2.75, 3.05) is 0 Å². The van der Waals surface area contributed by atoms with Gasteiger partial charge < -0.3 is 15.4 Å². The zero-order valence-corrected chi connectivity index (χ0v) is 15.5. The number of aryl methyl sites for hydroxylation is 1. The van der Waals surface area contributed by atoms with Crippen LogP contribution in [0.5, 0.6) is 0 Å². The maximum atomic E-state index is 12.5. The summed E-state index contributed by atoms with van der Waals surface area (Å²) in [6.07, 6.45) is 2.62. The number of carbonyl (C=O) groups is 2. The van der Waals surface area contributed by atoms with Gasteiger partial charge in [0.2, 0.25) is 5.91 Å². The summed E-state index contributed by atoms with van der Waals surface area (Å²) in [5.74, 6) is -1.59. The summed E-state index contributed by atoms with van der Waals surface area (Å²) in [5, 5.41) is 13.2. The number of aromatic nitrogens is 1. The summed E-state index contributed by atoms with van der Waals surface area (Å²) in [7, 11) is 0. The lowest BCUT2D eigenvalue weighted by atomic mass is 9.98. The molecule has 3 N–H and O–H groups in total. The number of nitrogens with one attached hydrogen (secondary N) is 2. The number of aliphatic carboxylic acids is 1. The lowest BCUT2D eigenvalue weighted by Crippen LogP contribution is -2.44. The van der Waals surface area contributed by atoms with Crippen molar-refractivity contribution in [3.63, 3.8) is 0 Å². The van der Waals surface area contributed by atoms with E-state index < -0.39 is 12.0 Å². The van der Waals surface area contributed by atoms with Gasteiger partial charge in [-0.3, -0.25) is 4.79 Å². The van der Waals surface area contributed by atoms with Crippen LogP contribution in [0.1, 0.15) is 23.6 Å². The van der Waals surface area contributed by atoms with Crippen molar-refractivity contribution in [2.24, 2.45) is 5.92 Å². The van der Waals surface area contributed by atoms with Crippen molar-refractivity contribution in [1.82, 2.24) is 10.3 Å². The van der Waals surface area contributed by atoms with E-state index in [2.05, 4.69) is 10.3 Å². The molecular formula is C22H24N2O3. The van der Waals surface area contributed by atoms with Crippen LogP contribution in [0, 0.1) is 12.8 Å². The van der Waals surface area contributed by atoms with Crippen molar-refractivity contribution >= 4 is 22.8 Å². The van der Waals surface area contributed by atoms with Gasteiger partial charge >= 0.3 is 5.97 Å². The minimum absolute atomic E-state index is 0.238. The van der Waals surface area contributed by atoms with Crippen LogP contribution in [0.15, 0.2) is 54.7 Å². The molecule has 0 radical (unpaired) electrons. The molecule has 0 fully saturated rings. The van der Waals surface area contributed by atoms with Gasteiger partial charge in [0.05, 0.1) is 0 Å². The van der Waals surface area contributed by atoms with E-state index in [9.17, 15) is 14.7 Å². The highest BCUT2D eigenvalue weighted by Crippen LogP contribution is 2.19. The summed E-state index contributed by atoms with van der Waals surface area (Å²) in [5.41, 5.74) is 4.06. The molecule has 5 nitrogen and oxygen atoms in total. The number of carbonyl (C=O) groups excluding carboxylic acids is 1. The molecule has 3 rings (SSSR count). The van der Waals surface area contributed by atoms with Gasteiger partial charge in [-0.05, 0) is 30.5 Å². The average Bonchev–Trinajstić information content (AvgIpc) is 3.06. The van der Waals surface area contributed by atoms with Crippen LogP contribution in [0.2, 0.25) is 0 Å². The summed E-state index contributed by atoms with van der Waals surface area (Å²) >= 11 is 0. The molecule has 0 aliphatic carbocycles. The van der Waals surface area contributed by atoms with E-state index in [0.29, 0.717) is 6.42 Å². The first-order valence-corrected chi connectivity index (χ1v) is 9.07. The number of H-pyrrole nitrogens is 1. The number of benzene rings is 2. The van der Waals surface area contributed by atoms with Gasteiger partial charge in [0, 0.05) is 29.4 Å². The van der Waals surface area contributed by atoms with E-state index >= 15 is 0 Å². The topological polar surface area (TPSA) is 82.2 Å². The van der Waals surface area contributed by atoms with Gasteiger partial charge in [0.25, 0.3) is 0 Å². The minimum atomic E-state index is -1.03. The number of fused-ring (bicyclic) bond motifs is 1. The van der Waals surface area contributed by atoms with Gasteiger partial charge in [-0.25, -0.2) is 4.79 Å². The fraction of sp³-hybridized carbons (Fsp3) is 0.273. The molecular weight excluding hydrogens is 340 g/mol. The number of carboxylic acids is 1. The second-order valence-corrected chi connectivity index (χ2v) is 7.05. The number of hydrogen-bond acceptors (Lipinski definition) is 2. The third kappa shape index (κ3) is 4.56. The molecule has 1 aromatic heterocycles. The van der Waals surface area contributed by atoms with E-state index in [1.165, 1.54) is 5.56 Å². The van der Waals surface area contributed by atoms with Crippen LogP contribution < -0.4 is 5.32 Å². The second-order valence-electron chi connectivity index (χ2n) is 7.05. The van der Waals surface area contributed by atoms with Crippen molar-refractivity contribution in [2.45, 2.75) is 32.7 Å². The summed E-state index contributed by atoms with van der Waals surface area (Å²) in [4.78, 5) is 27.4. The molecule has 1 heterocycles. The van der Waals surface area contributed by atoms with Crippen molar-refractivity contribution in [3.8, 4) is 0 Å². The number of rotatable bonds is 7. The Morgan fingerprint density at radius 1 is 1.07 bits per heavy atom. The first kappa shape index (κ1) is 18.7. The Morgan fingerprint density at radius 3 is 2.48 bits per heavy atom. The molecule has 2 aromatic carbocycles. The van der Waals surface area contributed by atoms with E-state index in [4.69, 9.17) is 0 Å². The van der Waals surface area contributed by atoms with E-state index in [-0.39, 0.29) is 18.2 Å². The van der Waals surface area contributed by atoms with Crippen LogP contribution in [-0.4, -0.2) is 28.0 Å². The molecule has 0 spiro atoms. The predicted octanol–water partition coefficient (Wildman–Crippen LogP) is 3.47. The predicted molar refractivity (Wildman–Crippen MR) is 106 cm³/mol. The number of amides is 1. The normalized spacial score (nSPS) is 13.3. The molecule has 140 valence electrons. The van der Waals surface area contributed by atoms with Gasteiger partial charge in [-0.1, -0.05) is 55.0 Å². The molecule has 1 amide bonds. The van der Waals surface area contributed by atoms with E-state index in [0.717, 1.165) is 22.0 Å². The van der Waals surface area contributed by atoms with Crippen LogP contribution in [-0.2, 0) is 22.4 Å². The Hall–Kier alpha value is -3.08. The molecule has 0 aliphatic rings. The van der Waals surface area contributed by atoms with Gasteiger partial charge in [0.1, 0.15) is 6.04 Å². The molecule has 0 aliphatic heterocycles. The van der Waals surface area contributed by atoms with Gasteiger partial charge in [-0.15, -0.1) is 0 Å². The Morgan fingerprint density at radius 2 is 1.78 bits per heavy atom. The molecule has 3 aromatic rings. The molecule has 0 bridgehead atoms. The molecule has 2 unspecified atom stereocenters. The molecule has 2 atom stereocenters. The Bertz CT molecular complexity index is 944. The summed E-state index contributed by atoms with van der Waals surface area (Å²) in [6, 6.07) is 14.8. The van der Waals surface area contributed by atoms with Crippen molar-refractivity contribution < 1.29 is 14.7 Å². The van der Waals surface area contributed by atoms with Crippen molar-refractivity contribution in [3.05, 3.63) is 71.4 Å². The quantitative estimate of drug-likeness (QED) is 0.600. The third-order valence-corrected chi connectivity index (χ3v) is 4.82. The maximum Gasteiger partial charge on any atom is 0.326 e. The number of hydrogen-bond donors (Lipinski definition) is 3. The lowest BCUT2D eigenvalue weighted by molar-refractivity contribution is -0.142. The lowest BCUT2D eigenvalue weighted by Gasteiger charge is -2.18. The van der Waals surface area contributed by atoms with Crippen molar-refractivity contribution in [1.29, 1.82) is 0 Å². The number of para-hydroxylation sites is 1. The van der Waals surface area contributed by atoms with E-state index in [1.54, 1.807) is 0 Å². The van der Waals surface area contributed by atoms with Crippen LogP contribution in [0.25, 0.3) is 10.9 Å². The van der Waals surface area contributed by atoms with Crippen LogP contribution in [0.4, 0.5) is 0 Å². The number of carboxylic acid groups (broad SMARTS) is 1. The van der Waals surface area contributed by atoms with Crippen LogP contribution >= 0.6 is 0 Å². The Kier molecular flexibility index (Phi) is 5.60. The fourth-order valence-corrected chi connectivity index (χ4v) is 3.20. The summed E-state index contributed by atoms with van der Waals surface area (Å²) in [6.45, 7) is 3.84. The minimum Gasteiger partial charge on any atom is -0.480 e. The van der Waals surface area contributed by atoms with Gasteiger partial charge in [-0.2, -0.15) is 0 Å². The molecule has 27 heavy (non-hydrogen) atoms. The molecule has 0 saturated heterocycles. The monoisotopic (exact) mass is 364 g/mol. The molecule has 0 saturated carbocycles. The average molecular weight is 364 g/mol.